The zero-order valence-corrected chi connectivity index (χ0v) is 11.6. The summed E-state index contributed by atoms with van der Waals surface area (Å²) in [6.45, 7) is 5.98. The fourth-order valence-corrected chi connectivity index (χ4v) is 1.74. The summed E-state index contributed by atoms with van der Waals surface area (Å²) in [6.07, 6.45) is 1.81. The molecule has 1 aromatic rings. The van der Waals surface area contributed by atoms with Gasteiger partial charge in [-0.2, -0.15) is 0 Å². The van der Waals surface area contributed by atoms with Gasteiger partial charge < -0.3 is 10.6 Å². The van der Waals surface area contributed by atoms with Crippen LogP contribution in [0.15, 0.2) is 29.8 Å². The number of aryl methyl sites for hydroxylation is 1. The maximum Gasteiger partial charge on any atom is 0.249 e. The first-order valence-electron chi connectivity index (χ1n) is 6.26. The highest BCUT2D eigenvalue weighted by Gasteiger charge is 2.15. The number of hydrogen-bond donors (Lipinski definition) is 1. The van der Waals surface area contributed by atoms with Gasteiger partial charge in [0, 0.05) is 12.1 Å². The molecular weight excluding hydrogens is 240 g/mol. The van der Waals surface area contributed by atoms with Crippen molar-refractivity contribution in [2.45, 2.75) is 20.8 Å². The maximum atomic E-state index is 12.1. The lowest BCUT2D eigenvalue weighted by atomic mass is 10.1. The molecule has 4 nitrogen and oxygen atoms in total. The molecule has 0 aliphatic heterocycles. The Labute approximate surface area is 113 Å². The molecule has 2 N–H and O–H groups in total. The summed E-state index contributed by atoms with van der Waals surface area (Å²) < 4.78 is 0. The number of carbonyl (C=O) groups excluding carboxylic acids is 2. The average Bonchev–Trinajstić information content (AvgIpc) is 2.37. The van der Waals surface area contributed by atoms with Crippen molar-refractivity contribution >= 4 is 17.9 Å². The lowest BCUT2D eigenvalue weighted by Gasteiger charge is -2.19. The molecule has 0 heterocycles. The second kappa shape index (κ2) is 6.73. The fourth-order valence-electron chi connectivity index (χ4n) is 1.74. The lowest BCUT2D eigenvalue weighted by molar-refractivity contribution is -0.131. The smallest absolute Gasteiger partial charge is 0.249 e. The SMILES string of the molecule is CCN(CC(N)=O)C(=O)/C(C)=C/c1ccc(C)cc1. The van der Waals surface area contributed by atoms with Crippen LogP contribution >= 0.6 is 0 Å². The van der Waals surface area contributed by atoms with Crippen LogP contribution < -0.4 is 5.73 Å². The topological polar surface area (TPSA) is 63.4 Å². The largest absolute Gasteiger partial charge is 0.368 e. The molecule has 0 aromatic heterocycles. The Morgan fingerprint density at radius 3 is 2.32 bits per heavy atom. The van der Waals surface area contributed by atoms with E-state index in [9.17, 15) is 9.59 Å². The molecule has 1 rings (SSSR count). The van der Waals surface area contributed by atoms with Gasteiger partial charge in [0.1, 0.15) is 0 Å². The van der Waals surface area contributed by atoms with Gasteiger partial charge in [-0.3, -0.25) is 9.59 Å². The van der Waals surface area contributed by atoms with Gasteiger partial charge in [0.25, 0.3) is 0 Å². The van der Waals surface area contributed by atoms with Crippen LogP contribution in [0, 0.1) is 6.92 Å². The molecule has 0 fully saturated rings. The summed E-state index contributed by atoms with van der Waals surface area (Å²) in [5, 5.41) is 0. The third kappa shape index (κ3) is 4.58. The van der Waals surface area contributed by atoms with E-state index >= 15 is 0 Å². The molecule has 0 saturated carbocycles. The number of nitrogens with zero attached hydrogens (tertiary/aromatic N) is 1. The van der Waals surface area contributed by atoms with Crippen LogP contribution in [-0.4, -0.2) is 29.8 Å². The van der Waals surface area contributed by atoms with Crippen LogP contribution in [0.25, 0.3) is 6.08 Å². The fraction of sp³-hybridized carbons (Fsp3) is 0.333. The van der Waals surface area contributed by atoms with E-state index in [0.29, 0.717) is 12.1 Å². The molecule has 0 unspecified atom stereocenters. The zero-order chi connectivity index (χ0) is 14.4. The van der Waals surface area contributed by atoms with Crippen LogP contribution in [0.2, 0.25) is 0 Å². The van der Waals surface area contributed by atoms with Gasteiger partial charge in [-0.25, -0.2) is 0 Å². The van der Waals surface area contributed by atoms with E-state index in [4.69, 9.17) is 5.73 Å². The number of carbonyl (C=O) groups is 2. The molecule has 0 aliphatic carbocycles. The summed E-state index contributed by atoms with van der Waals surface area (Å²) in [6, 6.07) is 7.89. The van der Waals surface area contributed by atoms with Crippen molar-refractivity contribution in [3.05, 3.63) is 41.0 Å². The second-order valence-electron chi connectivity index (χ2n) is 4.52. The second-order valence-corrected chi connectivity index (χ2v) is 4.52. The third-order valence-electron chi connectivity index (χ3n) is 2.81. The van der Waals surface area contributed by atoms with Gasteiger partial charge in [-0.15, -0.1) is 0 Å². The van der Waals surface area contributed by atoms with Gasteiger partial charge >= 0.3 is 0 Å². The highest BCUT2D eigenvalue weighted by molar-refractivity contribution is 5.98. The van der Waals surface area contributed by atoms with Crippen LogP contribution in [-0.2, 0) is 9.59 Å². The molecule has 0 bridgehead atoms. The number of nitrogens with two attached hydrogens (primary N) is 1. The first-order valence-corrected chi connectivity index (χ1v) is 6.26. The van der Waals surface area contributed by atoms with E-state index in [0.717, 1.165) is 5.56 Å². The van der Waals surface area contributed by atoms with Gasteiger partial charge in [0.2, 0.25) is 11.8 Å². The normalized spacial score (nSPS) is 11.2. The van der Waals surface area contributed by atoms with Crippen molar-refractivity contribution in [2.24, 2.45) is 5.73 Å². The predicted octanol–water partition coefficient (Wildman–Crippen LogP) is 1.73. The van der Waals surface area contributed by atoms with Gasteiger partial charge in [-0.1, -0.05) is 29.8 Å². The van der Waals surface area contributed by atoms with Crippen molar-refractivity contribution in [1.82, 2.24) is 4.90 Å². The molecule has 19 heavy (non-hydrogen) atoms. The molecule has 0 saturated heterocycles. The standard InChI is InChI=1S/C15H20N2O2/c1-4-17(10-14(16)18)15(19)12(3)9-13-7-5-11(2)6-8-13/h5-9H,4,10H2,1-3H3,(H2,16,18)/b12-9+. The van der Waals surface area contributed by atoms with Crippen LogP contribution in [0.4, 0.5) is 0 Å². The molecule has 0 spiro atoms. The van der Waals surface area contributed by atoms with E-state index in [1.165, 1.54) is 10.5 Å². The molecule has 0 aliphatic rings. The Balaban J connectivity index is 2.85. The summed E-state index contributed by atoms with van der Waals surface area (Å²) in [5.41, 5.74) is 7.85. The molecule has 0 radical (unpaired) electrons. The number of likely N-dealkylation sites (N-methyl/N-ethyl adjacent to an activating group) is 1. The molecule has 4 heteroatoms. The summed E-state index contributed by atoms with van der Waals surface area (Å²) in [7, 11) is 0. The number of hydrogen-bond acceptors (Lipinski definition) is 2. The molecule has 0 atom stereocenters. The van der Waals surface area contributed by atoms with Gasteiger partial charge in [0.05, 0.1) is 6.54 Å². The Bertz CT molecular complexity index is 489. The number of rotatable bonds is 5. The predicted molar refractivity (Wildman–Crippen MR) is 76.3 cm³/mol. The van der Waals surface area contributed by atoms with Crippen molar-refractivity contribution < 1.29 is 9.59 Å². The Morgan fingerprint density at radius 1 is 1.26 bits per heavy atom. The van der Waals surface area contributed by atoms with E-state index < -0.39 is 5.91 Å². The Kier molecular flexibility index (Phi) is 5.30. The summed E-state index contributed by atoms with van der Waals surface area (Å²) >= 11 is 0. The Morgan fingerprint density at radius 2 is 1.84 bits per heavy atom. The van der Waals surface area contributed by atoms with E-state index in [1.54, 1.807) is 6.92 Å². The molecular formula is C15H20N2O2. The average molecular weight is 260 g/mol. The third-order valence-corrected chi connectivity index (χ3v) is 2.81. The Hall–Kier alpha value is -2.10. The van der Waals surface area contributed by atoms with Crippen molar-refractivity contribution in [3.63, 3.8) is 0 Å². The number of primary amides is 1. The van der Waals surface area contributed by atoms with E-state index in [1.807, 2.05) is 44.2 Å². The minimum Gasteiger partial charge on any atom is -0.368 e. The van der Waals surface area contributed by atoms with Crippen molar-refractivity contribution in [1.29, 1.82) is 0 Å². The molecule has 1 aromatic carbocycles. The first kappa shape index (κ1) is 15.0. The lowest BCUT2D eigenvalue weighted by Crippen LogP contribution is -2.38. The van der Waals surface area contributed by atoms with E-state index in [2.05, 4.69) is 0 Å². The number of benzene rings is 1. The maximum absolute atomic E-state index is 12.1. The highest BCUT2D eigenvalue weighted by Crippen LogP contribution is 2.10. The minimum absolute atomic E-state index is 0.0472. The molecule has 102 valence electrons. The summed E-state index contributed by atoms with van der Waals surface area (Å²) in [4.78, 5) is 24.5. The number of amides is 2. The quantitative estimate of drug-likeness (QED) is 0.819. The van der Waals surface area contributed by atoms with Crippen LogP contribution in [0.3, 0.4) is 0 Å². The van der Waals surface area contributed by atoms with E-state index in [-0.39, 0.29) is 12.5 Å². The van der Waals surface area contributed by atoms with Crippen LogP contribution in [0.5, 0.6) is 0 Å². The zero-order valence-electron chi connectivity index (χ0n) is 11.6. The van der Waals surface area contributed by atoms with Crippen molar-refractivity contribution in [3.8, 4) is 0 Å². The van der Waals surface area contributed by atoms with Crippen LogP contribution in [0.1, 0.15) is 25.0 Å². The molecule has 2 amide bonds. The van der Waals surface area contributed by atoms with Gasteiger partial charge in [0.15, 0.2) is 0 Å². The first-order chi connectivity index (χ1) is 8.93. The summed E-state index contributed by atoms with van der Waals surface area (Å²) in [5.74, 6) is -0.666. The minimum atomic E-state index is -0.502. The highest BCUT2D eigenvalue weighted by atomic mass is 16.2. The monoisotopic (exact) mass is 260 g/mol. The van der Waals surface area contributed by atoms with Crippen molar-refractivity contribution in [2.75, 3.05) is 13.1 Å². The van der Waals surface area contributed by atoms with Gasteiger partial charge in [-0.05, 0) is 32.4 Å².